The molecular weight excluding hydrogens is 367 g/mol. The third kappa shape index (κ3) is 3.43. The molecule has 3 unspecified atom stereocenters. The average molecular weight is 390 g/mol. The molecule has 0 N–H and O–H groups in total. The van der Waals surface area contributed by atoms with Gasteiger partial charge in [-0.25, -0.2) is 14.1 Å². The number of amides is 1. The Bertz CT molecular complexity index is 1000. The number of likely N-dealkylation sites (tertiary alicyclic amines) is 1. The Morgan fingerprint density at radius 3 is 2.55 bits per heavy atom. The van der Waals surface area contributed by atoms with E-state index in [0.717, 1.165) is 18.4 Å². The summed E-state index contributed by atoms with van der Waals surface area (Å²) in [6.45, 7) is 1.39. The fraction of sp³-hybridized carbons (Fsp3) is 0.348. The first-order valence-electron chi connectivity index (χ1n) is 10.2. The molecule has 3 aromatic rings. The number of benzene rings is 2. The zero-order valence-corrected chi connectivity index (χ0v) is 16.1. The largest absolute Gasteiger partial charge is 0.336 e. The predicted octanol–water partition coefficient (Wildman–Crippen LogP) is 3.99. The summed E-state index contributed by atoms with van der Waals surface area (Å²) in [5.74, 6) is 0.620. The minimum absolute atomic E-state index is 0.114. The van der Waals surface area contributed by atoms with Crippen LogP contribution in [0.15, 0.2) is 60.7 Å². The topological polar surface area (TPSA) is 51.0 Å². The average Bonchev–Trinajstić information content (AvgIpc) is 3.46. The van der Waals surface area contributed by atoms with Gasteiger partial charge >= 0.3 is 0 Å². The van der Waals surface area contributed by atoms with E-state index in [1.807, 2.05) is 53.4 Å². The standard InChI is InChI=1S/C23H23FN4O/c24-19-14-20(18-9-5-2-6-10-18)28-22(19)25-21(26-28)23(29)27-12-11-17(15-27)13-16-7-3-1-4-8-16/h1-10,17,19-20H,11-15H2. The third-order valence-corrected chi connectivity index (χ3v) is 5.98. The minimum atomic E-state index is -1.20. The molecule has 1 saturated heterocycles. The number of carbonyl (C=O) groups is 1. The number of alkyl halides is 1. The lowest BCUT2D eigenvalue weighted by Gasteiger charge is -2.15. The Labute approximate surface area is 169 Å². The second kappa shape index (κ2) is 7.43. The number of carbonyl (C=O) groups excluding carboxylic acids is 1. The van der Waals surface area contributed by atoms with Crippen molar-refractivity contribution in [2.24, 2.45) is 5.92 Å². The highest BCUT2D eigenvalue weighted by Crippen LogP contribution is 2.39. The van der Waals surface area contributed by atoms with Crippen LogP contribution in [0.3, 0.4) is 0 Å². The van der Waals surface area contributed by atoms with E-state index >= 15 is 0 Å². The van der Waals surface area contributed by atoms with E-state index in [-0.39, 0.29) is 23.6 Å². The summed E-state index contributed by atoms with van der Waals surface area (Å²) >= 11 is 0. The van der Waals surface area contributed by atoms with Crippen molar-refractivity contribution in [2.45, 2.75) is 31.5 Å². The van der Waals surface area contributed by atoms with Gasteiger partial charge in [0.15, 0.2) is 12.0 Å². The summed E-state index contributed by atoms with van der Waals surface area (Å²) in [5, 5.41) is 4.43. The van der Waals surface area contributed by atoms with Gasteiger partial charge in [0.05, 0.1) is 6.04 Å². The number of fused-ring (bicyclic) bond motifs is 1. The van der Waals surface area contributed by atoms with E-state index in [4.69, 9.17) is 0 Å². The Balaban J connectivity index is 1.31. The highest BCUT2D eigenvalue weighted by molar-refractivity contribution is 5.90. The Morgan fingerprint density at radius 1 is 1.07 bits per heavy atom. The summed E-state index contributed by atoms with van der Waals surface area (Å²) < 4.78 is 16.2. The van der Waals surface area contributed by atoms with Gasteiger partial charge in [0.25, 0.3) is 5.91 Å². The maximum atomic E-state index is 14.6. The predicted molar refractivity (Wildman–Crippen MR) is 107 cm³/mol. The van der Waals surface area contributed by atoms with Crippen LogP contribution in [-0.2, 0) is 6.42 Å². The normalized spacial score (nSPS) is 23.3. The first-order valence-corrected chi connectivity index (χ1v) is 10.2. The first-order chi connectivity index (χ1) is 14.2. The van der Waals surface area contributed by atoms with E-state index in [1.165, 1.54) is 5.56 Å². The highest BCUT2D eigenvalue weighted by Gasteiger charge is 2.37. The molecule has 29 heavy (non-hydrogen) atoms. The Morgan fingerprint density at radius 2 is 1.79 bits per heavy atom. The molecule has 0 bridgehead atoms. The lowest BCUT2D eigenvalue weighted by molar-refractivity contribution is 0.0774. The van der Waals surface area contributed by atoms with Gasteiger partial charge in [-0.1, -0.05) is 60.7 Å². The van der Waals surface area contributed by atoms with Crippen LogP contribution in [0.25, 0.3) is 0 Å². The monoisotopic (exact) mass is 390 g/mol. The second-order valence-electron chi connectivity index (χ2n) is 7.96. The molecule has 5 rings (SSSR count). The zero-order chi connectivity index (χ0) is 19.8. The van der Waals surface area contributed by atoms with Crippen molar-refractivity contribution in [1.82, 2.24) is 19.7 Å². The summed E-state index contributed by atoms with van der Waals surface area (Å²) in [7, 11) is 0. The van der Waals surface area contributed by atoms with E-state index in [2.05, 4.69) is 22.2 Å². The van der Waals surface area contributed by atoms with Crippen LogP contribution < -0.4 is 0 Å². The molecule has 0 spiro atoms. The van der Waals surface area contributed by atoms with Crippen LogP contribution in [0.2, 0.25) is 0 Å². The summed E-state index contributed by atoms with van der Waals surface area (Å²) in [4.78, 5) is 19.1. The van der Waals surface area contributed by atoms with Gasteiger partial charge in [0.1, 0.15) is 0 Å². The maximum Gasteiger partial charge on any atom is 0.293 e. The molecule has 2 aliphatic heterocycles. The number of rotatable bonds is 4. The molecule has 1 amide bonds. The van der Waals surface area contributed by atoms with E-state index < -0.39 is 6.17 Å². The molecule has 3 heterocycles. The SMILES string of the molecule is O=C(c1nc2n(n1)C(c1ccccc1)CC2F)N1CCC(Cc2ccccc2)C1. The molecule has 1 fully saturated rings. The quantitative estimate of drug-likeness (QED) is 0.677. The summed E-state index contributed by atoms with van der Waals surface area (Å²) in [5.41, 5.74) is 2.28. The lowest BCUT2D eigenvalue weighted by atomic mass is 9.99. The van der Waals surface area contributed by atoms with Crippen molar-refractivity contribution < 1.29 is 9.18 Å². The molecule has 2 aromatic carbocycles. The van der Waals surface area contributed by atoms with Gasteiger partial charge in [-0.15, -0.1) is 5.10 Å². The minimum Gasteiger partial charge on any atom is -0.336 e. The molecule has 0 aliphatic carbocycles. The van der Waals surface area contributed by atoms with E-state index in [1.54, 1.807) is 4.68 Å². The van der Waals surface area contributed by atoms with Crippen molar-refractivity contribution in [2.75, 3.05) is 13.1 Å². The Kier molecular flexibility index (Phi) is 4.62. The van der Waals surface area contributed by atoms with Crippen LogP contribution in [0, 0.1) is 5.92 Å². The van der Waals surface area contributed by atoms with Crippen molar-refractivity contribution in [3.05, 3.63) is 83.4 Å². The maximum absolute atomic E-state index is 14.6. The van der Waals surface area contributed by atoms with E-state index in [9.17, 15) is 9.18 Å². The van der Waals surface area contributed by atoms with Crippen molar-refractivity contribution in [3.63, 3.8) is 0 Å². The van der Waals surface area contributed by atoms with Gasteiger partial charge in [0.2, 0.25) is 5.82 Å². The van der Waals surface area contributed by atoms with Crippen molar-refractivity contribution in [1.29, 1.82) is 0 Å². The molecule has 6 heteroatoms. The molecule has 2 aliphatic rings. The molecule has 3 atom stereocenters. The van der Waals surface area contributed by atoms with Crippen molar-refractivity contribution >= 4 is 5.91 Å². The molecular formula is C23H23FN4O. The third-order valence-electron chi connectivity index (χ3n) is 5.98. The first kappa shape index (κ1) is 18.0. The zero-order valence-electron chi connectivity index (χ0n) is 16.1. The number of aromatic nitrogens is 3. The molecule has 1 aromatic heterocycles. The molecule has 5 nitrogen and oxygen atoms in total. The fourth-order valence-electron chi connectivity index (χ4n) is 4.50. The van der Waals surface area contributed by atoms with Gasteiger partial charge < -0.3 is 4.90 Å². The van der Waals surface area contributed by atoms with Gasteiger partial charge in [-0.2, -0.15) is 0 Å². The number of nitrogens with zero attached hydrogens (tertiary/aromatic N) is 4. The smallest absolute Gasteiger partial charge is 0.293 e. The van der Waals surface area contributed by atoms with Gasteiger partial charge in [-0.05, 0) is 29.9 Å². The van der Waals surface area contributed by atoms with Crippen LogP contribution in [-0.4, -0.2) is 38.7 Å². The van der Waals surface area contributed by atoms with Crippen molar-refractivity contribution in [3.8, 4) is 0 Å². The summed E-state index contributed by atoms with van der Waals surface area (Å²) in [6, 6.07) is 19.9. The Hall–Kier alpha value is -3.02. The number of halogens is 1. The van der Waals surface area contributed by atoms with Crippen LogP contribution in [0.4, 0.5) is 4.39 Å². The van der Waals surface area contributed by atoms with Gasteiger partial charge in [-0.3, -0.25) is 4.79 Å². The number of hydrogen-bond donors (Lipinski definition) is 0. The van der Waals surface area contributed by atoms with Crippen LogP contribution in [0.1, 0.15) is 52.6 Å². The van der Waals surface area contributed by atoms with Crippen LogP contribution in [0.5, 0.6) is 0 Å². The second-order valence-corrected chi connectivity index (χ2v) is 7.96. The molecule has 0 radical (unpaired) electrons. The lowest BCUT2D eigenvalue weighted by Crippen LogP contribution is -2.30. The van der Waals surface area contributed by atoms with Crippen LogP contribution >= 0.6 is 0 Å². The molecule has 148 valence electrons. The van der Waals surface area contributed by atoms with Gasteiger partial charge in [0, 0.05) is 19.5 Å². The molecule has 0 saturated carbocycles. The summed E-state index contributed by atoms with van der Waals surface area (Å²) in [6.07, 6.45) is 1.04. The highest BCUT2D eigenvalue weighted by atomic mass is 19.1. The number of hydrogen-bond acceptors (Lipinski definition) is 3. The van der Waals surface area contributed by atoms with E-state index in [0.29, 0.717) is 25.4 Å². The fourth-order valence-corrected chi connectivity index (χ4v) is 4.50.